The monoisotopic (exact) mass is 475 g/mol. The van der Waals surface area contributed by atoms with E-state index in [0.29, 0.717) is 43.3 Å². The van der Waals surface area contributed by atoms with Crippen LogP contribution in [0.1, 0.15) is 67.1 Å². The molecule has 10 heteroatoms. The molecule has 0 spiro atoms. The van der Waals surface area contributed by atoms with Crippen molar-refractivity contribution < 1.29 is 19.1 Å². The Bertz CT molecular complexity index is 976. The van der Waals surface area contributed by atoms with Crippen LogP contribution in [0.25, 0.3) is 0 Å². The number of carbonyl (C=O) groups is 3. The number of anilines is 2. The Labute approximate surface area is 198 Å². The Hall–Kier alpha value is -3.14. The fourth-order valence-electron chi connectivity index (χ4n) is 3.34. The fraction of sp³-hybridized carbons (Fsp3) is 0.478. The van der Waals surface area contributed by atoms with Crippen LogP contribution in [0.2, 0.25) is 0 Å². The minimum absolute atomic E-state index is 0.0474. The van der Waals surface area contributed by atoms with Gasteiger partial charge in [-0.2, -0.15) is 4.37 Å². The zero-order valence-corrected chi connectivity index (χ0v) is 20.4. The van der Waals surface area contributed by atoms with E-state index in [0.717, 1.165) is 18.0 Å². The first-order chi connectivity index (χ1) is 15.7. The van der Waals surface area contributed by atoms with Gasteiger partial charge in [-0.1, -0.05) is 39.3 Å². The van der Waals surface area contributed by atoms with Crippen LogP contribution in [-0.4, -0.2) is 41.3 Å². The summed E-state index contributed by atoms with van der Waals surface area (Å²) in [6.45, 7) is 8.82. The molecule has 1 aromatic carbocycles. The van der Waals surface area contributed by atoms with Gasteiger partial charge in [0.25, 0.3) is 11.8 Å². The average molecular weight is 476 g/mol. The molecule has 0 aliphatic rings. The molecular weight excluding hydrogens is 442 g/mol. The van der Waals surface area contributed by atoms with Gasteiger partial charge in [0.2, 0.25) is 5.91 Å². The summed E-state index contributed by atoms with van der Waals surface area (Å²) in [6.07, 6.45) is 1.90. The van der Waals surface area contributed by atoms with E-state index in [1.54, 1.807) is 24.3 Å². The van der Waals surface area contributed by atoms with Crippen molar-refractivity contribution in [2.45, 2.75) is 53.0 Å². The second-order valence-electron chi connectivity index (χ2n) is 7.99. The lowest BCUT2D eigenvalue weighted by atomic mass is 10.1. The van der Waals surface area contributed by atoms with E-state index in [4.69, 9.17) is 16.2 Å². The second-order valence-corrected chi connectivity index (χ2v) is 8.77. The number of rotatable bonds is 12. The van der Waals surface area contributed by atoms with E-state index < -0.39 is 17.9 Å². The van der Waals surface area contributed by atoms with Crippen LogP contribution in [-0.2, 0) is 4.79 Å². The van der Waals surface area contributed by atoms with Gasteiger partial charge in [0.1, 0.15) is 16.7 Å². The maximum atomic E-state index is 13.8. The molecule has 1 atom stereocenters. The summed E-state index contributed by atoms with van der Waals surface area (Å²) in [6, 6.07) is 6.21. The van der Waals surface area contributed by atoms with E-state index >= 15 is 0 Å². The Morgan fingerprint density at radius 3 is 2.45 bits per heavy atom. The summed E-state index contributed by atoms with van der Waals surface area (Å²) in [5, 5.41) is 2.95. The number of primary amides is 1. The maximum Gasteiger partial charge on any atom is 0.272 e. The zero-order chi connectivity index (χ0) is 24.5. The third-order valence-electron chi connectivity index (χ3n) is 5.00. The van der Waals surface area contributed by atoms with Gasteiger partial charge in [0.05, 0.1) is 18.0 Å². The molecule has 1 heterocycles. The van der Waals surface area contributed by atoms with Gasteiger partial charge < -0.3 is 21.5 Å². The Morgan fingerprint density at radius 2 is 1.88 bits per heavy atom. The van der Waals surface area contributed by atoms with Crippen molar-refractivity contribution in [2.75, 3.05) is 23.8 Å². The first-order valence-corrected chi connectivity index (χ1v) is 11.9. The molecule has 0 unspecified atom stereocenters. The molecule has 5 N–H and O–H groups in total. The largest absolute Gasteiger partial charge is 0.492 e. The predicted molar refractivity (Wildman–Crippen MR) is 131 cm³/mol. The molecule has 0 fully saturated rings. The van der Waals surface area contributed by atoms with E-state index in [-0.39, 0.29) is 22.2 Å². The average Bonchev–Trinajstić information content (AvgIpc) is 3.15. The van der Waals surface area contributed by atoms with Crippen molar-refractivity contribution >= 4 is 40.6 Å². The first-order valence-electron chi connectivity index (χ1n) is 11.1. The Balaban J connectivity index is 2.57. The number of nitrogen functional groups attached to an aromatic ring is 1. The quantitative estimate of drug-likeness (QED) is 0.430. The summed E-state index contributed by atoms with van der Waals surface area (Å²) in [5.41, 5.74) is 11.6. The number of carbonyl (C=O) groups excluding carboxylic acids is 3. The molecule has 0 radical (unpaired) electrons. The molecule has 0 saturated heterocycles. The number of hydrogen-bond acceptors (Lipinski definition) is 7. The van der Waals surface area contributed by atoms with Crippen LogP contribution >= 0.6 is 11.5 Å². The lowest BCUT2D eigenvalue weighted by Gasteiger charge is -2.32. The van der Waals surface area contributed by atoms with Gasteiger partial charge in [-0.15, -0.1) is 0 Å². The van der Waals surface area contributed by atoms with Gasteiger partial charge in [0.15, 0.2) is 5.69 Å². The van der Waals surface area contributed by atoms with Crippen molar-refractivity contribution in [1.29, 1.82) is 0 Å². The van der Waals surface area contributed by atoms with Crippen LogP contribution in [0.4, 0.5) is 11.4 Å². The van der Waals surface area contributed by atoms with Gasteiger partial charge in [0, 0.05) is 6.54 Å². The Morgan fingerprint density at radius 1 is 1.18 bits per heavy atom. The summed E-state index contributed by atoms with van der Waals surface area (Å²) in [5.74, 6) is -0.740. The fourth-order valence-corrected chi connectivity index (χ4v) is 4.09. The summed E-state index contributed by atoms with van der Waals surface area (Å²) in [4.78, 5) is 40.1. The Kier molecular flexibility index (Phi) is 9.65. The highest BCUT2D eigenvalue weighted by Gasteiger charge is 2.35. The van der Waals surface area contributed by atoms with E-state index in [1.165, 1.54) is 4.90 Å². The topological polar surface area (TPSA) is 141 Å². The van der Waals surface area contributed by atoms with Crippen LogP contribution < -0.4 is 26.4 Å². The second kappa shape index (κ2) is 12.2. The van der Waals surface area contributed by atoms with E-state index in [9.17, 15) is 14.4 Å². The summed E-state index contributed by atoms with van der Waals surface area (Å²) in [7, 11) is 0. The molecule has 0 aliphatic carbocycles. The number of ether oxygens (including phenoxy) is 1. The van der Waals surface area contributed by atoms with Crippen molar-refractivity contribution in [2.24, 2.45) is 11.7 Å². The molecule has 0 aliphatic heterocycles. The normalized spacial score (nSPS) is 11.8. The third kappa shape index (κ3) is 6.44. The number of benzene rings is 1. The molecule has 180 valence electrons. The van der Waals surface area contributed by atoms with E-state index in [2.05, 4.69) is 23.5 Å². The maximum absolute atomic E-state index is 13.8. The SMILES string of the molecule is CCC[C@@H](C(=O)NCCC(C)C)N(C(=O)c1snc(C(N)=O)c1N)c1ccccc1OCC. The van der Waals surface area contributed by atoms with Gasteiger partial charge in [-0.25, -0.2) is 0 Å². The molecule has 0 bridgehead atoms. The van der Waals surface area contributed by atoms with Gasteiger partial charge in [-0.05, 0) is 49.3 Å². The summed E-state index contributed by atoms with van der Waals surface area (Å²) >= 11 is 0.784. The molecular formula is C23H33N5O4S. The van der Waals surface area contributed by atoms with Crippen LogP contribution in [0, 0.1) is 5.92 Å². The van der Waals surface area contributed by atoms with Gasteiger partial charge in [-0.3, -0.25) is 19.3 Å². The number of aromatic nitrogens is 1. The molecule has 9 nitrogen and oxygen atoms in total. The predicted octanol–water partition coefficient (Wildman–Crippen LogP) is 3.20. The van der Waals surface area contributed by atoms with Crippen LogP contribution in [0.3, 0.4) is 0 Å². The summed E-state index contributed by atoms with van der Waals surface area (Å²) < 4.78 is 9.71. The highest BCUT2D eigenvalue weighted by atomic mass is 32.1. The van der Waals surface area contributed by atoms with Crippen molar-refractivity contribution in [1.82, 2.24) is 9.69 Å². The minimum Gasteiger partial charge on any atom is -0.492 e. The molecule has 3 amide bonds. The lowest BCUT2D eigenvalue weighted by molar-refractivity contribution is -0.122. The molecule has 0 saturated carbocycles. The van der Waals surface area contributed by atoms with Crippen molar-refractivity contribution in [3.05, 3.63) is 34.8 Å². The number of nitrogens with zero attached hydrogens (tertiary/aromatic N) is 2. The lowest BCUT2D eigenvalue weighted by Crippen LogP contribution is -2.50. The van der Waals surface area contributed by atoms with Crippen molar-refractivity contribution in [3.63, 3.8) is 0 Å². The first kappa shape index (κ1) is 26.1. The zero-order valence-electron chi connectivity index (χ0n) is 19.6. The molecule has 2 rings (SSSR count). The smallest absolute Gasteiger partial charge is 0.272 e. The number of amides is 3. The highest BCUT2D eigenvalue weighted by molar-refractivity contribution is 7.09. The molecule has 2 aromatic rings. The van der Waals surface area contributed by atoms with E-state index in [1.807, 2.05) is 13.8 Å². The number of hydrogen-bond donors (Lipinski definition) is 3. The van der Waals surface area contributed by atoms with Crippen molar-refractivity contribution in [3.8, 4) is 5.75 Å². The number of nitrogens with two attached hydrogens (primary N) is 2. The van der Waals surface area contributed by atoms with Crippen LogP contribution in [0.5, 0.6) is 5.75 Å². The standard InChI is InChI=1S/C23H33N5O4S/c1-5-9-16(22(30)26-13-12-14(3)4)28(15-10-7-8-11-17(15)32-6-2)23(31)20-18(24)19(21(25)29)27-33-20/h7-8,10-11,14,16H,5-6,9,12-13,24H2,1-4H3,(H2,25,29)(H,26,30)/t16-/m0/s1. The number of nitrogens with one attached hydrogen (secondary N) is 1. The highest BCUT2D eigenvalue weighted by Crippen LogP contribution is 2.34. The molecule has 33 heavy (non-hydrogen) atoms. The third-order valence-corrected chi connectivity index (χ3v) is 5.85. The minimum atomic E-state index is -0.819. The van der Waals surface area contributed by atoms with Gasteiger partial charge >= 0.3 is 0 Å². The van der Waals surface area contributed by atoms with Crippen LogP contribution in [0.15, 0.2) is 24.3 Å². The molecule has 1 aromatic heterocycles. The number of para-hydroxylation sites is 2.